The van der Waals surface area contributed by atoms with Crippen LogP contribution in [0.15, 0.2) is 29.8 Å². The molecule has 0 saturated carbocycles. The van der Waals surface area contributed by atoms with Gasteiger partial charge in [0.15, 0.2) is 0 Å². The smallest absolute Gasteiger partial charge is 0.226 e. The molecule has 3 aromatic heterocycles. The van der Waals surface area contributed by atoms with E-state index in [-0.39, 0.29) is 13.2 Å². The van der Waals surface area contributed by atoms with Crippen LogP contribution in [0.5, 0.6) is 0 Å². The molecule has 4 aromatic rings. The van der Waals surface area contributed by atoms with Crippen LogP contribution in [-0.2, 0) is 11.3 Å². The van der Waals surface area contributed by atoms with Crippen molar-refractivity contribution in [2.75, 3.05) is 84.8 Å². The van der Waals surface area contributed by atoms with E-state index in [1.807, 2.05) is 6.20 Å². The number of aliphatic hydroxyl groups excluding tert-OH is 3. The number of morpholine rings is 1. The number of aliphatic hydroxyl groups is 3. The molecule has 2 aliphatic heterocycles. The van der Waals surface area contributed by atoms with Crippen molar-refractivity contribution in [3.05, 3.63) is 35.3 Å². The molecule has 0 radical (unpaired) electrons. The first-order valence-corrected chi connectivity index (χ1v) is 14.6. The fourth-order valence-corrected chi connectivity index (χ4v) is 5.51. The SMILES string of the molecule is CCO.CCO.CN1CCN(Cc2csc3c(-c4ccc5[nH]ncc5c4)nc(N4CCOCC4)nc23)CC1.CO. The van der Waals surface area contributed by atoms with Crippen molar-refractivity contribution in [3.8, 4) is 11.3 Å². The fraction of sp³-hybridized carbons (Fsp3) is 0.536. The maximum absolute atomic E-state index is 7.57. The van der Waals surface area contributed by atoms with Crippen LogP contribution in [0.4, 0.5) is 5.95 Å². The van der Waals surface area contributed by atoms with Crippen LogP contribution in [0.3, 0.4) is 0 Å². The summed E-state index contributed by atoms with van der Waals surface area (Å²) in [5.41, 5.74) is 5.54. The Balaban J connectivity index is 0.000000500. The Morgan fingerprint density at radius 2 is 1.65 bits per heavy atom. The fourth-order valence-electron chi connectivity index (χ4n) is 4.50. The lowest BCUT2D eigenvalue weighted by Gasteiger charge is -2.32. The molecule has 4 N–H and O–H groups in total. The molecule has 12 heteroatoms. The second-order valence-corrected chi connectivity index (χ2v) is 10.2. The average molecular weight is 574 g/mol. The Morgan fingerprint density at radius 3 is 2.33 bits per heavy atom. The molecule has 0 aliphatic carbocycles. The zero-order valence-electron chi connectivity index (χ0n) is 24.0. The number of anilines is 1. The number of thiophene rings is 1. The second kappa shape index (κ2) is 16.5. The number of ether oxygens (including phenoxy) is 1. The van der Waals surface area contributed by atoms with E-state index in [0.29, 0.717) is 0 Å². The lowest BCUT2D eigenvalue weighted by atomic mass is 10.1. The molecule has 0 unspecified atom stereocenters. The van der Waals surface area contributed by atoms with Crippen molar-refractivity contribution in [1.82, 2.24) is 30.0 Å². The molecule has 0 spiro atoms. The third-order valence-electron chi connectivity index (χ3n) is 6.47. The normalized spacial score (nSPS) is 16.0. The molecule has 220 valence electrons. The molecular formula is C28H43N7O4S. The van der Waals surface area contributed by atoms with Gasteiger partial charge in [0.05, 0.1) is 40.8 Å². The van der Waals surface area contributed by atoms with E-state index >= 15 is 0 Å². The van der Waals surface area contributed by atoms with Gasteiger partial charge in [-0.15, -0.1) is 11.3 Å². The van der Waals surface area contributed by atoms with Crippen LogP contribution in [0.1, 0.15) is 19.4 Å². The van der Waals surface area contributed by atoms with Crippen molar-refractivity contribution < 1.29 is 20.1 Å². The monoisotopic (exact) mass is 573 g/mol. The van der Waals surface area contributed by atoms with Crippen molar-refractivity contribution in [2.45, 2.75) is 20.4 Å². The number of H-pyrrole nitrogens is 1. The predicted molar refractivity (Wildman–Crippen MR) is 162 cm³/mol. The number of hydrogen-bond acceptors (Lipinski definition) is 11. The van der Waals surface area contributed by atoms with Crippen LogP contribution in [0.2, 0.25) is 0 Å². The summed E-state index contributed by atoms with van der Waals surface area (Å²) in [7, 11) is 3.20. The molecule has 2 fully saturated rings. The molecule has 11 nitrogen and oxygen atoms in total. The molecule has 5 heterocycles. The van der Waals surface area contributed by atoms with Gasteiger partial charge in [-0.1, -0.05) is 6.07 Å². The highest BCUT2D eigenvalue weighted by molar-refractivity contribution is 7.17. The maximum atomic E-state index is 7.57. The Hall–Kier alpha value is -2.71. The van der Waals surface area contributed by atoms with E-state index in [1.165, 1.54) is 5.56 Å². The van der Waals surface area contributed by atoms with Crippen molar-refractivity contribution in [2.24, 2.45) is 0 Å². The van der Waals surface area contributed by atoms with Gasteiger partial charge >= 0.3 is 0 Å². The lowest BCUT2D eigenvalue weighted by Crippen LogP contribution is -2.43. The molecule has 0 bridgehead atoms. The number of likely N-dealkylation sites (N-methyl/N-ethyl adjacent to an activating group) is 1. The number of fused-ring (bicyclic) bond motifs is 2. The molecule has 0 atom stereocenters. The van der Waals surface area contributed by atoms with E-state index < -0.39 is 0 Å². The van der Waals surface area contributed by atoms with Crippen molar-refractivity contribution in [1.29, 1.82) is 0 Å². The summed E-state index contributed by atoms with van der Waals surface area (Å²) in [6.45, 7) is 12.3. The summed E-state index contributed by atoms with van der Waals surface area (Å²) in [5.74, 6) is 0.807. The number of nitrogens with one attached hydrogen (secondary N) is 1. The summed E-state index contributed by atoms with van der Waals surface area (Å²) in [4.78, 5) is 17.3. The number of rotatable bonds is 4. The molecule has 1 aromatic carbocycles. The van der Waals surface area contributed by atoms with E-state index in [4.69, 9.17) is 30.0 Å². The highest BCUT2D eigenvalue weighted by atomic mass is 32.1. The van der Waals surface area contributed by atoms with Crippen LogP contribution < -0.4 is 4.90 Å². The quantitative estimate of drug-likeness (QED) is 0.288. The maximum Gasteiger partial charge on any atom is 0.226 e. The predicted octanol–water partition coefficient (Wildman–Crippen LogP) is 2.42. The van der Waals surface area contributed by atoms with Gasteiger partial charge in [0.1, 0.15) is 0 Å². The molecule has 6 rings (SSSR count). The Bertz CT molecular complexity index is 1280. The number of nitrogens with zero attached hydrogens (tertiary/aromatic N) is 6. The van der Waals surface area contributed by atoms with Gasteiger partial charge < -0.3 is 29.9 Å². The van der Waals surface area contributed by atoms with E-state index in [9.17, 15) is 0 Å². The van der Waals surface area contributed by atoms with Crippen LogP contribution in [-0.4, -0.2) is 125 Å². The molecule has 2 saturated heterocycles. The van der Waals surface area contributed by atoms with Gasteiger partial charge in [-0.05, 0) is 38.4 Å². The van der Waals surface area contributed by atoms with Gasteiger partial charge in [0.2, 0.25) is 5.95 Å². The lowest BCUT2D eigenvalue weighted by molar-refractivity contribution is 0.122. The van der Waals surface area contributed by atoms with Crippen molar-refractivity contribution >= 4 is 38.4 Å². The molecule has 40 heavy (non-hydrogen) atoms. The summed E-state index contributed by atoms with van der Waals surface area (Å²) < 4.78 is 6.73. The zero-order valence-corrected chi connectivity index (χ0v) is 24.8. The topological polar surface area (TPSA) is 134 Å². The third kappa shape index (κ3) is 8.16. The van der Waals surface area contributed by atoms with Crippen molar-refractivity contribution in [3.63, 3.8) is 0 Å². The van der Waals surface area contributed by atoms with E-state index in [2.05, 4.69) is 55.5 Å². The number of aromatic amines is 1. The minimum atomic E-state index is 0.250. The number of benzene rings is 1. The standard InChI is InChI=1S/C23H27N7OS.2C2H6O.CH4O/c1-28-4-6-29(7-5-28)14-18-15-32-22-20(16-2-3-19-17(12-16)13-24-27-19)25-23(26-21(18)22)30-8-10-31-11-9-30;2*1-2-3;1-2/h2-3,12-13,15H,4-11,14H2,1H3,(H,24,27);2*3H,2H2,1H3;2H,1H3. The molecule has 2 aliphatic rings. The third-order valence-corrected chi connectivity index (χ3v) is 7.50. The highest BCUT2D eigenvalue weighted by Gasteiger charge is 2.22. The first kappa shape index (κ1) is 31.8. The number of aromatic nitrogens is 4. The van der Waals surface area contributed by atoms with Gasteiger partial charge in [-0.2, -0.15) is 5.10 Å². The van der Waals surface area contributed by atoms with Gasteiger partial charge in [-0.25, -0.2) is 9.97 Å². The first-order chi connectivity index (χ1) is 19.6. The summed E-state index contributed by atoms with van der Waals surface area (Å²) in [6.07, 6.45) is 1.87. The highest BCUT2D eigenvalue weighted by Crippen LogP contribution is 2.36. The molecular weight excluding hydrogens is 530 g/mol. The second-order valence-electron chi connectivity index (χ2n) is 9.29. The summed E-state index contributed by atoms with van der Waals surface area (Å²) in [6, 6.07) is 6.38. The Morgan fingerprint density at radius 1 is 0.975 bits per heavy atom. The van der Waals surface area contributed by atoms with Crippen LogP contribution >= 0.6 is 11.3 Å². The largest absolute Gasteiger partial charge is 0.400 e. The Labute approximate surface area is 240 Å². The summed E-state index contributed by atoms with van der Waals surface area (Å²) >= 11 is 1.76. The number of hydrogen-bond donors (Lipinski definition) is 4. The van der Waals surface area contributed by atoms with Gasteiger partial charge in [0.25, 0.3) is 0 Å². The average Bonchev–Trinajstić information content (AvgIpc) is 3.63. The minimum Gasteiger partial charge on any atom is -0.400 e. The zero-order chi connectivity index (χ0) is 28.9. The van der Waals surface area contributed by atoms with Gasteiger partial charge in [-0.3, -0.25) is 10.00 Å². The first-order valence-electron chi connectivity index (χ1n) is 13.7. The summed E-state index contributed by atoms with van der Waals surface area (Å²) in [5, 5.41) is 32.7. The van der Waals surface area contributed by atoms with E-state index in [1.54, 1.807) is 25.2 Å². The number of piperazine rings is 1. The van der Waals surface area contributed by atoms with Crippen LogP contribution in [0.25, 0.3) is 32.4 Å². The van der Waals surface area contributed by atoms with Crippen LogP contribution in [0, 0.1) is 0 Å². The Kier molecular flexibility index (Phi) is 13.1. The molecule has 0 amide bonds. The van der Waals surface area contributed by atoms with E-state index in [0.717, 1.165) is 104 Å². The minimum absolute atomic E-state index is 0.250. The van der Waals surface area contributed by atoms with Gasteiger partial charge in [0, 0.05) is 82.6 Å².